The van der Waals surface area contributed by atoms with Gasteiger partial charge in [-0.05, 0) is 6.07 Å². The average Bonchev–Trinajstić information content (AvgIpc) is 3.23. The van der Waals surface area contributed by atoms with Crippen molar-refractivity contribution in [2.24, 2.45) is 0 Å². The number of carboxylic acid groups (broad SMARTS) is 1. The maximum absolute atomic E-state index is 11.6. The number of hydrogen-bond donors (Lipinski definition) is 2. The molecule has 30 heavy (non-hydrogen) atoms. The van der Waals surface area contributed by atoms with Crippen LogP contribution in [0, 0.1) is 0 Å². The van der Waals surface area contributed by atoms with E-state index < -0.39 is 5.97 Å². The quantitative estimate of drug-likeness (QED) is 0.257. The van der Waals surface area contributed by atoms with Gasteiger partial charge in [-0.1, -0.05) is 0 Å². The minimum absolute atomic E-state index is 0.00309. The van der Waals surface area contributed by atoms with E-state index in [-0.39, 0.29) is 18.9 Å². The summed E-state index contributed by atoms with van der Waals surface area (Å²) in [6.45, 7) is 5.15. The van der Waals surface area contributed by atoms with Gasteiger partial charge < -0.3 is 34.1 Å². The lowest BCUT2D eigenvalue weighted by Crippen LogP contribution is -2.28. The molecule has 11 nitrogen and oxygen atoms in total. The molecule has 0 aromatic carbocycles. The first-order chi connectivity index (χ1) is 14.7. The largest absolute Gasteiger partial charge is 0.481 e. The van der Waals surface area contributed by atoms with E-state index in [2.05, 4.69) is 10.4 Å². The van der Waals surface area contributed by atoms with Gasteiger partial charge in [-0.15, -0.1) is 0 Å². The van der Waals surface area contributed by atoms with Crippen LogP contribution in [-0.4, -0.2) is 99.4 Å². The molecule has 1 aromatic rings. The summed E-state index contributed by atoms with van der Waals surface area (Å²) in [6.07, 6.45) is 3.86. The fourth-order valence-corrected chi connectivity index (χ4v) is 2.14. The molecule has 172 valence electrons. The molecule has 0 atom stereocenters. The Kier molecular flexibility index (Phi) is 16.4. The molecule has 2 N–H and O–H groups in total. The Balaban J connectivity index is 1.71. The number of hydrogen-bond acceptors (Lipinski definition) is 8. The smallest absolute Gasteiger partial charge is 0.305 e. The molecule has 0 aliphatic rings. The fourth-order valence-electron chi connectivity index (χ4n) is 2.14. The van der Waals surface area contributed by atoms with Crippen LogP contribution in [0.5, 0.6) is 0 Å². The lowest BCUT2D eigenvalue weighted by Gasteiger charge is -2.08. The number of carbonyl (C=O) groups is 2. The molecule has 1 aromatic heterocycles. The monoisotopic (exact) mass is 431 g/mol. The third-order valence-electron chi connectivity index (χ3n) is 3.64. The van der Waals surface area contributed by atoms with Crippen LogP contribution < -0.4 is 5.32 Å². The predicted molar refractivity (Wildman–Crippen MR) is 106 cm³/mol. The van der Waals surface area contributed by atoms with Crippen LogP contribution in [0.3, 0.4) is 0 Å². The van der Waals surface area contributed by atoms with Crippen molar-refractivity contribution in [3.63, 3.8) is 0 Å². The Morgan fingerprint density at radius 3 is 1.77 bits per heavy atom. The zero-order chi connectivity index (χ0) is 21.7. The number of aromatic nitrogens is 2. The SMILES string of the molecule is O=C(O)CCOCCOCCOCCOCCOCCC(=O)NCCn1cccn1. The number of carboxylic acids is 1. The normalized spacial score (nSPS) is 10.9. The Labute approximate surface area is 176 Å². The number of carbonyl (C=O) groups excluding carboxylic acids is 1. The number of amides is 1. The molecule has 0 fully saturated rings. The van der Waals surface area contributed by atoms with Gasteiger partial charge in [0, 0.05) is 25.4 Å². The standard InChI is InChI=1S/C19H33N3O8/c23-18(20-5-7-22-6-1-4-21-22)2-8-26-10-12-28-14-16-30-17-15-29-13-11-27-9-3-19(24)25/h1,4,6H,2-3,5,7-17H2,(H,20,23)(H,24,25). The van der Waals surface area contributed by atoms with Crippen LogP contribution in [0.2, 0.25) is 0 Å². The highest BCUT2D eigenvalue weighted by molar-refractivity contribution is 5.75. The van der Waals surface area contributed by atoms with Crippen LogP contribution in [0.15, 0.2) is 18.5 Å². The maximum atomic E-state index is 11.6. The third kappa shape index (κ3) is 16.9. The van der Waals surface area contributed by atoms with Gasteiger partial charge in [-0.2, -0.15) is 5.10 Å². The third-order valence-corrected chi connectivity index (χ3v) is 3.64. The summed E-state index contributed by atoms with van der Waals surface area (Å²) < 4.78 is 28.2. The predicted octanol–water partition coefficient (Wildman–Crippen LogP) is -0.0529. The topological polar surface area (TPSA) is 130 Å². The van der Waals surface area contributed by atoms with Gasteiger partial charge in [-0.25, -0.2) is 0 Å². The second kappa shape index (κ2) is 18.9. The second-order valence-corrected chi connectivity index (χ2v) is 6.07. The number of rotatable bonds is 21. The lowest BCUT2D eigenvalue weighted by atomic mass is 10.4. The summed E-state index contributed by atoms with van der Waals surface area (Å²) in [5, 5.41) is 15.3. The highest BCUT2D eigenvalue weighted by Gasteiger charge is 2.01. The summed E-state index contributed by atoms with van der Waals surface area (Å²) in [5.74, 6) is -0.927. The highest BCUT2D eigenvalue weighted by atomic mass is 16.6. The number of aliphatic carboxylic acids is 1. The van der Waals surface area contributed by atoms with Gasteiger partial charge in [0.2, 0.25) is 5.91 Å². The van der Waals surface area contributed by atoms with Crippen LogP contribution in [-0.2, 0) is 39.8 Å². The number of ether oxygens (including phenoxy) is 5. The maximum Gasteiger partial charge on any atom is 0.305 e. The molecule has 1 heterocycles. The minimum Gasteiger partial charge on any atom is -0.481 e. The van der Waals surface area contributed by atoms with E-state index in [9.17, 15) is 9.59 Å². The van der Waals surface area contributed by atoms with Crippen molar-refractivity contribution in [3.05, 3.63) is 18.5 Å². The van der Waals surface area contributed by atoms with Crippen LogP contribution >= 0.6 is 0 Å². The van der Waals surface area contributed by atoms with Gasteiger partial charge in [0.15, 0.2) is 0 Å². The van der Waals surface area contributed by atoms with Crippen molar-refractivity contribution in [1.29, 1.82) is 0 Å². The van der Waals surface area contributed by atoms with Crippen molar-refractivity contribution in [3.8, 4) is 0 Å². The second-order valence-electron chi connectivity index (χ2n) is 6.07. The van der Waals surface area contributed by atoms with E-state index in [0.29, 0.717) is 79.0 Å². The molecule has 0 aliphatic heterocycles. The molecule has 0 radical (unpaired) electrons. The number of nitrogens with zero attached hydrogens (tertiary/aromatic N) is 2. The zero-order valence-electron chi connectivity index (χ0n) is 17.3. The van der Waals surface area contributed by atoms with Gasteiger partial charge in [0.1, 0.15) is 0 Å². The van der Waals surface area contributed by atoms with E-state index >= 15 is 0 Å². The first-order valence-electron chi connectivity index (χ1n) is 10.0. The Hall–Kier alpha value is -2.05. The summed E-state index contributed by atoms with van der Waals surface area (Å²) in [5.41, 5.74) is 0. The van der Waals surface area contributed by atoms with E-state index in [1.165, 1.54) is 0 Å². The van der Waals surface area contributed by atoms with E-state index in [1.807, 2.05) is 12.3 Å². The highest BCUT2D eigenvalue weighted by Crippen LogP contribution is 1.88. The first kappa shape index (κ1) is 26.0. The van der Waals surface area contributed by atoms with Crippen molar-refractivity contribution in [1.82, 2.24) is 15.1 Å². The van der Waals surface area contributed by atoms with Crippen molar-refractivity contribution in [2.75, 3.05) is 72.6 Å². The average molecular weight is 431 g/mol. The molecule has 0 bridgehead atoms. The molecule has 11 heteroatoms. The summed E-state index contributed by atoms with van der Waals surface area (Å²) in [6, 6.07) is 1.84. The van der Waals surface area contributed by atoms with Gasteiger partial charge in [-0.3, -0.25) is 14.3 Å². The molecule has 0 saturated heterocycles. The van der Waals surface area contributed by atoms with Crippen molar-refractivity contribution in [2.45, 2.75) is 19.4 Å². The summed E-state index contributed by atoms with van der Waals surface area (Å²) in [4.78, 5) is 21.9. The van der Waals surface area contributed by atoms with E-state index in [0.717, 1.165) is 0 Å². The number of nitrogens with one attached hydrogen (secondary N) is 1. The Morgan fingerprint density at radius 2 is 1.30 bits per heavy atom. The van der Waals surface area contributed by atoms with Gasteiger partial charge in [0.05, 0.1) is 79.0 Å². The summed E-state index contributed by atoms with van der Waals surface area (Å²) >= 11 is 0. The lowest BCUT2D eigenvalue weighted by molar-refractivity contribution is -0.138. The molecular formula is C19H33N3O8. The molecule has 1 rings (SSSR count). The first-order valence-corrected chi connectivity index (χ1v) is 10.0. The minimum atomic E-state index is -0.876. The Bertz CT molecular complexity index is 542. The van der Waals surface area contributed by atoms with Crippen LogP contribution in [0.25, 0.3) is 0 Å². The molecule has 0 aliphatic carbocycles. The van der Waals surface area contributed by atoms with Crippen molar-refractivity contribution >= 4 is 11.9 Å². The Morgan fingerprint density at radius 1 is 0.800 bits per heavy atom. The van der Waals surface area contributed by atoms with Gasteiger partial charge >= 0.3 is 5.97 Å². The van der Waals surface area contributed by atoms with E-state index in [4.69, 9.17) is 28.8 Å². The summed E-state index contributed by atoms with van der Waals surface area (Å²) in [7, 11) is 0. The molecular weight excluding hydrogens is 398 g/mol. The molecule has 0 spiro atoms. The van der Waals surface area contributed by atoms with Crippen LogP contribution in [0.1, 0.15) is 12.8 Å². The van der Waals surface area contributed by atoms with E-state index in [1.54, 1.807) is 10.9 Å². The fraction of sp³-hybridized carbons (Fsp3) is 0.737. The van der Waals surface area contributed by atoms with Gasteiger partial charge in [0.25, 0.3) is 0 Å². The zero-order valence-corrected chi connectivity index (χ0v) is 17.3. The molecule has 1 amide bonds. The van der Waals surface area contributed by atoms with Crippen molar-refractivity contribution < 1.29 is 38.4 Å². The van der Waals surface area contributed by atoms with Crippen LogP contribution in [0.4, 0.5) is 0 Å². The molecule has 0 saturated carbocycles. The molecule has 0 unspecified atom stereocenters.